The van der Waals surface area contributed by atoms with E-state index in [1.807, 2.05) is 13.8 Å². The third-order valence-corrected chi connectivity index (χ3v) is 4.58. The van der Waals surface area contributed by atoms with Crippen molar-refractivity contribution in [1.29, 1.82) is 0 Å². The van der Waals surface area contributed by atoms with Gasteiger partial charge < -0.3 is 10.2 Å². The van der Waals surface area contributed by atoms with Crippen LogP contribution in [-0.4, -0.2) is 55.3 Å². The summed E-state index contributed by atoms with van der Waals surface area (Å²) in [4.78, 5) is 26.0. The second-order valence-electron chi connectivity index (χ2n) is 5.46. The predicted octanol–water partition coefficient (Wildman–Crippen LogP) is 0.325. The fourth-order valence-corrected chi connectivity index (χ4v) is 3.74. The summed E-state index contributed by atoms with van der Waals surface area (Å²) in [5.41, 5.74) is 0. The van der Waals surface area contributed by atoms with E-state index >= 15 is 0 Å². The molecule has 1 rings (SSSR count). The number of nitrogens with zero attached hydrogens (tertiary/aromatic N) is 1. The summed E-state index contributed by atoms with van der Waals surface area (Å²) in [7, 11) is -3.20. The molecule has 0 aliphatic carbocycles. The highest BCUT2D eigenvalue weighted by Gasteiger charge is 2.41. The summed E-state index contributed by atoms with van der Waals surface area (Å²) in [6.07, 6.45) is 2.97. The Bertz CT molecular complexity index is 475. The first-order valence-corrected chi connectivity index (χ1v) is 9.07. The first-order valence-electron chi connectivity index (χ1n) is 7.01. The van der Waals surface area contributed by atoms with Gasteiger partial charge in [0.2, 0.25) is 11.8 Å². The lowest BCUT2D eigenvalue weighted by Crippen LogP contribution is -2.65. The molecule has 1 heterocycles. The molecule has 1 fully saturated rings. The molecule has 0 bridgehead atoms. The zero-order valence-electron chi connectivity index (χ0n) is 12.5. The highest BCUT2D eigenvalue weighted by atomic mass is 32.2. The van der Waals surface area contributed by atoms with E-state index in [0.29, 0.717) is 12.8 Å². The standard InChI is InChI=1S/C13H24N2O4S/c1-5-7-10-13(17)15(9(3)8-20(4,18)19)11(6-2)12(16)14-10/h9-11H,5-8H2,1-4H3,(H,14,16). The van der Waals surface area contributed by atoms with Crippen molar-refractivity contribution in [2.45, 2.75) is 58.2 Å². The molecule has 0 saturated carbocycles. The quantitative estimate of drug-likeness (QED) is 0.766. The number of rotatable bonds is 6. The molecule has 1 aliphatic heterocycles. The van der Waals surface area contributed by atoms with Crippen LogP contribution < -0.4 is 5.32 Å². The van der Waals surface area contributed by atoms with Gasteiger partial charge in [-0.25, -0.2) is 8.42 Å². The molecule has 0 aromatic rings. The van der Waals surface area contributed by atoms with Crippen molar-refractivity contribution in [2.24, 2.45) is 0 Å². The average Bonchev–Trinajstić information content (AvgIpc) is 2.30. The fourth-order valence-electron chi connectivity index (χ4n) is 2.70. The molecular formula is C13H24N2O4S. The molecule has 2 amide bonds. The summed E-state index contributed by atoms with van der Waals surface area (Å²) in [5.74, 6) is -0.484. The zero-order chi connectivity index (χ0) is 15.5. The van der Waals surface area contributed by atoms with E-state index in [-0.39, 0.29) is 17.6 Å². The lowest BCUT2D eigenvalue weighted by molar-refractivity contribution is -0.151. The van der Waals surface area contributed by atoms with Gasteiger partial charge in [-0.3, -0.25) is 9.59 Å². The molecule has 7 heteroatoms. The van der Waals surface area contributed by atoms with Crippen molar-refractivity contribution in [1.82, 2.24) is 10.2 Å². The topological polar surface area (TPSA) is 83.6 Å². The zero-order valence-corrected chi connectivity index (χ0v) is 13.4. The third kappa shape index (κ3) is 3.94. The number of hydrogen-bond donors (Lipinski definition) is 1. The normalized spacial score (nSPS) is 25.5. The molecule has 0 spiro atoms. The summed E-state index contributed by atoms with van der Waals surface area (Å²) in [5, 5.41) is 2.74. The maximum absolute atomic E-state index is 12.5. The summed E-state index contributed by atoms with van der Waals surface area (Å²) in [6.45, 7) is 5.44. The molecule has 1 N–H and O–H groups in total. The Hall–Kier alpha value is -1.11. The van der Waals surface area contributed by atoms with Crippen molar-refractivity contribution in [3.8, 4) is 0 Å². The van der Waals surface area contributed by atoms with Gasteiger partial charge in [0.15, 0.2) is 0 Å². The number of sulfone groups is 1. The Morgan fingerprint density at radius 3 is 2.35 bits per heavy atom. The first-order chi connectivity index (χ1) is 9.21. The average molecular weight is 304 g/mol. The monoisotopic (exact) mass is 304 g/mol. The van der Waals surface area contributed by atoms with Gasteiger partial charge in [0.25, 0.3) is 0 Å². The molecule has 0 aromatic carbocycles. The third-order valence-electron chi connectivity index (χ3n) is 3.49. The smallest absolute Gasteiger partial charge is 0.246 e. The van der Waals surface area contributed by atoms with Crippen molar-refractivity contribution in [3.63, 3.8) is 0 Å². The Kier molecular flexibility index (Phi) is 5.56. The van der Waals surface area contributed by atoms with Gasteiger partial charge in [0.1, 0.15) is 21.9 Å². The Balaban J connectivity index is 3.01. The van der Waals surface area contributed by atoms with Gasteiger partial charge >= 0.3 is 0 Å². The Morgan fingerprint density at radius 1 is 1.30 bits per heavy atom. The molecule has 20 heavy (non-hydrogen) atoms. The number of carbonyl (C=O) groups excluding carboxylic acids is 2. The minimum absolute atomic E-state index is 0.124. The second-order valence-corrected chi connectivity index (χ2v) is 7.65. The minimum Gasteiger partial charge on any atom is -0.343 e. The van der Waals surface area contributed by atoms with E-state index in [4.69, 9.17) is 0 Å². The van der Waals surface area contributed by atoms with Crippen LogP contribution in [-0.2, 0) is 19.4 Å². The van der Waals surface area contributed by atoms with Gasteiger partial charge in [0, 0.05) is 12.3 Å². The van der Waals surface area contributed by atoms with Crippen molar-refractivity contribution >= 4 is 21.7 Å². The molecule has 6 nitrogen and oxygen atoms in total. The number of piperazine rings is 1. The van der Waals surface area contributed by atoms with Gasteiger partial charge in [0.05, 0.1) is 5.75 Å². The molecule has 3 atom stereocenters. The van der Waals surface area contributed by atoms with E-state index in [1.165, 1.54) is 4.90 Å². The molecule has 1 aliphatic rings. The lowest BCUT2D eigenvalue weighted by Gasteiger charge is -2.42. The van der Waals surface area contributed by atoms with Gasteiger partial charge in [-0.15, -0.1) is 0 Å². The molecular weight excluding hydrogens is 280 g/mol. The predicted molar refractivity (Wildman–Crippen MR) is 76.9 cm³/mol. The first kappa shape index (κ1) is 16.9. The van der Waals surface area contributed by atoms with E-state index < -0.39 is 28.0 Å². The van der Waals surface area contributed by atoms with E-state index in [9.17, 15) is 18.0 Å². The maximum Gasteiger partial charge on any atom is 0.246 e. The summed E-state index contributed by atoms with van der Waals surface area (Å²) < 4.78 is 22.9. The SMILES string of the molecule is CCCC1NC(=O)C(CC)N(C(C)CS(C)(=O)=O)C1=O. The van der Waals surface area contributed by atoms with E-state index in [2.05, 4.69) is 5.32 Å². The van der Waals surface area contributed by atoms with Crippen molar-refractivity contribution in [3.05, 3.63) is 0 Å². The van der Waals surface area contributed by atoms with Crippen LogP contribution in [0.3, 0.4) is 0 Å². The fraction of sp³-hybridized carbons (Fsp3) is 0.846. The van der Waals surface area contributed by atoms with Gasteiger partial charge in [-0.05, 0) is 19.8 Å². The van der Waals surface area contributed by atoms with Crippen LogP contribution in [0.25, 0.3) is 0 Å². The van der Waals surface area contributed by atoms with E-state index in [0.717, 1.165) is 12.7 Å². The van der Waals surface area contributed by atoms with Crippen LogP contribution in [0.2, 0.25) is 0 Å². The van der Waals surface area contributed by atoms with Gasteiger partial charge in [-0.2, -0.15) is 0 Å². The Labute approximate surface area is 120 Å². The van der Waals surface area contributed by atoms with Crippen molar-refractivity contribution < 1.29 is 18.0 Å². The van der Waals surface area contributed by atoms with Crippen LogP contribution in [0, 0.1) is 0 Å². The van der Waals surface area contributed by atoms with Crippen LogP contribution in [0.1, 0.15) is 40.0 Å². The maximum atomic E-state index is 12.5. The number of hydrogen-bond acceptors (Lipinski definition) is 4. The Morgan fingerprint density at radius 2 is 1.90 bits per heavy atom. The van der Waals surface area contributed by atoms with E-state index in [1.54, 1.807) is 6.92 Å². The van der Waals surface area contributed by atoms with Gasteiger partial charge in [-0.1, -0.05) is 20.3 Å². The summed E-state index contributed by atoms with van der Waals surface area (Å²) in [6, 6.07) is -1.60. The number of amides is 2. The van der Waals surface area contributed by atoms with Crippen LogP contribution in [0.4, 0.5) is 0 Å². The highest BCUT2D eigenvalue weighted by molar-refractivity contribution is 7.90. The summed E-state index contributed by atoms with van der Waals surface area (Å²) >= 11 is 0. The van der Waals surface area contributed by atoms with Crippen LogP contribution in [0.15, 0.2) is 0 Å². The number of nitrogens with one attached hydrogen (secondary N) is 1. The molecule has 0 aromatic heterocycles. The highest BCUT2D eigenvalue weighted by Crippen LogP contribution is 2.19. The molecule has 3 unspecified atom stereocenters. The minimum atomic E-state index is -3.20. The largest absolute Gasteiger partial charge is 0.343 e. The molecule has 116 valence electrons. The molecule has 0 radical (unpaired) electrons. The number of carbonyl (C=O) groups is 2. The van der Waals surface area contributed by atoms with Crippen molar-refractivity contribution in [2.75, 3.05) is 12.0 Å². The second kappa shape index (κ2) is 6.56. The van der Waals surface area contributed by atoms with Crippen LogP contribution in [0.5, 0.6) is 0 Å². The van der Waals surface area contributed by atoms with Crippen LogP contribution >= 0.6 is 0 Å². The lowest BCUT2D eigenvalue weighted by atomic mass is 10.0. The molecule has 1 saturated heterocycles.